The van der Waals surface area contributed by atoms with E-state index >= 15 is 0 Å². The van der Waals surface area contributed by atoms with Crippen molar-refractivity contribution in [1.82, 2.24) is 45.0 Å². The van der Waals surface area contributed by atoms with Gasteiger partial charge >= 0.3 is 23.9 Å². The molecule has 0 saturated heterocycles. The summed E-state index contributed by atoms with van der Waals surface area (Å²) in [6, 6.07) is 15.2. The van der Waals surface area contributed by atoms with Crippen LogP contribution in [0, 0.1) is 17.5 Å². The lowest BCUT2D eigenvalue weighted by molar-refractivity contribution is 0.0685. The number of carboxylic acids is 4. The Morgan fingerprint density at radius 1 is 0.525 bits per heavy atom. The SMILES string of the molecule is C1=CN=NC1.O=C(O)c1cc(Br)cc(-n2ccnn2)c1.O=C(O)c1cc(F)cc(-n2ccnn2)c1.O=C(O)c1cc(F)cc(-n2nccn2)c1.O=C(O)c1cc(F)cc(Br)c1. The summed E-state index contributed by atoms with van der Waals surface area (Å²) in [5.74, 6) is -6.30. The van der Waals surface area contributed by atoms with Gasteiger partial charge in [-0.2, -0.15) is 25.2 Å². The third-order valence-electron chi connectivity index (χ3n) is 6.96. The molecule has 19 nitrogen and oxygen atoms in total. The maximum absolute atomic E-state index is 13.1. The Kier molecular flexibility index (Phi) is 16.9. The number of carboxylic acid groups (broad SMARTS) is 4. The number of aromatic carboxylic acids is 4. The molecule has 8 rings (SSSR count). The third-order valence-corrected chi connectivity index (χ3v) is 7.88. The van der Waals surface area contributed by atoms with Gasteiger partial charge in [-0.3, -0.25) is 0 Å². The van der Waals surface area contributed by atoms with Gasteiger partial charge in [-0.1, -0.05) is 42.3 Å². The van der Waals surface area contributed by atoms with Crippen molar-refractivity contribution in [2.24, 2.45) is 10.2 Å². The molecule has 0 unspecified atom stereocenters. The highest BCUT2D eigenvalue weighted by molar-refractivity contribution is 9.10. The van der Waals surface area contributed by atoms with Crippen molar-refractivity contribution in [3.63, 3.8) is 0 Å². The van der Waals surface area contributed by atoms with Crippen LogP contribution in [0.1, 0.15) is 41.4 Å². The van der Waals surface area contributed by atoms with Crippen molar-refractivity contribution >= 4 is 55.7 Å². The van der Waals surface area contributed by atoms with E-state index in [1.54, 1.807) is 18.5 Å². The molecule has 4 N–H and O–H groups in total. The van der Waals surface area contributed by atoms with Crippen LogP contribution in [0.2, 0.25) is 0 Å². The monoisotopic (exact) mass is 967 g/mol. The van der Waals surface area contributed by atoms with Crippen LogP contribution in [0.25, 0.3) is 17.1 Å². The van der Waals surface area contributed by atoms with Crippen LogP contribution in [-0.2, 0) is 0 Å². The quantitative estimate of drug-likeness (QED) is 0.123. The Hall–Kier alpha value is -7.73. The zero-order valence-corrected chi connectivity index (χ0v) is 33.7. The molecule has 0 aliphatic carbocycles. The van der Waals surface area contributed by atoms with Gasteiger partial charge in [-0.05, 0) is 72.8 Å². The second kappa shape index (κ2) is 22.4. The van der Waals surface area contributed by atoms with Gasteiger partial charge in [-0.15, -0.1) is 10.2 Å². The van der Waals surface area contributed by atoms with Crippen molar-refractivity contribution in [2.75, 3.05) is 6.54 Å². The van der Waals surface area contributed by atoms with Crippen LogP contribution >= 0.6 is 31.9 Å². The molecule has 4 heterocycles. The second-order valence-electron chi connectivity index (χ2n) is 11.3. The van der Waals surface area contributed by atoms with Crippen LogP contribution < -0.4 is 0 Å². The largest absolute Gasteiger partial charge is 0.478 e. The van der Waals surface area contributed by atoms with E-state index in [0.717, 1.165) is 35.6 Å². The number of hydrogen-bond acceptors (Lipinski definition) is 12. The van der Waals surface area contributed by atoms with Gasteiger partial charge in [-0.25, -0.2) is 41.7 Å². The molecule has 0 radical (unpaired) electrons. The molecule has 0 atom stereocenters. The van der Waals surface area contributed by atoms with E-state index in [-0.39, 0.29) is 27.9 Å². The first-order valence-electron chi connectivity index (χ1n) is 16.5. The maximum atomic E-state index is 13.1. The summed E-state index contributed by atoms with van der Waals surface area (Å²) in [6.07, 6.45) is 12.5. The highest BCUT2D eigenvalue weighted by Crippen LogP contribution is 2.19. The number of halogens is 5. The molecule has 0 fully saturated rings. The molecular formula is C37H26Br2F3N11O8. The van der Waals surface area contributed by atoms with E-state index in [4.69, 9.17) is 20.4 Å². The first-order chi connectivity index (χ1) is 29.1. The molecule has 1 aliphatic heterocycles. The smallest absolute Gasteiger partial charge is 0.335 e. The predicted molar refractivity (Wildman–Crippen MR) is 212 cm³/mol. The van der Waals surface area contributed by atoms with Crippen molar-refractivity contribution in [2.45, 2.75) is 0 Å². The Balaban J connectivity index is 0.000000173. The van der Waals surface area contributed by atoms with Crippen LogP contribution in [-0.4, -0.2) is 95.8 Å². The number of hydrogen-bond donors (Lipinski definition) is 4. The average Bonchev–Trinajstić information content (AvgIpc) is 4.07. The van der Waals surface area contributed by atoms with Crippen LogP contribution in [0.3, 0.4) is 0 Å². The third kappa shape index (κ3) is 14.9. The minimum Gasteiger partial charge on any atom is -0.478 e. The minimum atomic E-state index is -1.19. The molecular weight excluding hydrogens is 943 g/mol. The first-order valence-corrected chi connectivity index (χ1v) is 18.1. The fourth-order valence-corrected chi connectivity index (χ4v) is 5.37. The summed E-state index contributed by atoms with van der Waals surface area (Å²) < 4.78 is 42.5. The fourth-order valence-electron chi connectivity index (χ4n) is 4.43. The predicted octanol–water partition coefficient (Wildman–Crippen LogP) is 7.19. The Labute approximate surface area is 357 Å². The summed E-state index contributed by atoms with van der Waals surface area (Å²) >= 11 is 6.22. The highest BCUT2D eigenvalue weighted by Gasteiger charge is 2.11. The zero-order chi connectivity index (χ0) is 44.5. The molecule has 61 heavy (non-hydrogen) atoms. The number of aromatic nitrogens is 9. The average molecular weight is 969 g/mol. The molecule has 0 spiro atoms. The van der Waals surface area contributed by atoms with Crippen molar-refractivity contribution in [3.8, 4) is 17.1 Å². The number of carbonyl (C=O) groups is 4. The number of azo groups is 1. The van der Waals surface area contributed by atoms with Gasteiger partial charge in [0.05, 0.1) is 83.0 Å². The van der Waals surface area contributed by atoms with Crippen molar-refractivity contribution in [1.29, 1.82) is 0 Å². The zero-order valence-electron chi connectivity index (χ0n) is 30.5. The molecule has 3 aromatic heterocycles. The fraction of sp³-hybridized carbons (Fsp3) is 0.0270. The maximum Gasteiger partial charge on any atom is 0.335 e. The Morgan fingerprint density at radius 3 is 1.33 bits per heavy atom. The molecule has 1 aliphatic rings. The molecule has 0 amide bonds. The lowest BCUT2D eigenvalue weighted by Gasteiger charge is -2.02. The van der Waals surface area contributed by atoms with E-state index in [9.17, 15) is 32.3 Å². The molecule has 312 valence electrons. The van der Waals surface area contributed by atoms with Gasteiger partial charge < -0.3 is 20.4 Å². The van der Waals surface area contributed by atoms with E-state index in [1.165, 1.54) is 82.8 Å². The van der Waals surface area contributed by atoms with Gasteiger partial charge in [0, 0.05) is 21.2 Å². The summed E-state index contributed by atoms with van der Waals surface area (Å²) in [7, 11) is 0. The second-order valence-corrected chi connectivity index (χ2v) is 13.1. The standard InChI is InChI=1S/C9H6BrN3O2.2C9H6FN3O2.C7H4BrFO2.C3H4N2/c2*10-7-3-6(9(14)15)4-8(5-7)13-2-1-11-12-13;10-7-3-6(9(14)15)4-8(5-7)13-11-1-2-12-13;8-5-1-4(7(10)11)2-6(9)3-5;1-2-4-5-3-1/h3*1-5H,(H,14,15);1-3H,(H,10,11);1-2H,3H2. The number of benzene rings is 4. The van der Waals surface area contributed by atoms with Gasteiger partial charge in [0.1, 0.15) is 17.5 Å². The summed E-state index contributed by atoms with van der Waals surface area (Å²) in [5, 5.41) is 64.0. The van der Waals surface area contributed by atoms with E-state index in [1.807, 2.05) is 6.08 Å². The number of nitrogens with zero attached hydrogens (tertiary/aromatic N) is 11. The minimum absolute atomic E-state index is 0.0584. The summed E-state index contributed by atoms with van der Waals surface area (Å²) in [5.41, 5.74) is 1.14. The molecule has 0 saturated carbocycles. The Bertz CT molecular complexity index is 2410. The molecule has 0 bridgehead atoms. The lowest BCUT2D eigenvalue weighted by Crippen LogP contribution is -2.03. The first kappa shape index (κ1) is 46.0. The van der Waals surface area contributed by atoms with Gasteiger partial charge in [0.2, 0.25) is 0 Å². The topological polar surface area (TPSA) is 266 Å². The van der Waals surface area contributed by atoms with Gasteiger partial charge in [0.15, 0.2) is 0 Å². The highest BCUT2D eigenvalue weighted by atomic mass is 79.9. The Morgan fingerprint density at radius 2 is 0.934 bits per heavy atom. The van der Waals surface area contributed by atoms with Crippen molar-refractivity contribution in [3.05, 3.63) is 171 Å². The molecule has 24 heteroatoms. The number of rotatable bonds is 7. The van der Waals surface area contributed by atoms with E-state index in [0.29, 0.717) is 20.3 Å². The molecule has 7 aromatic rings. The van der Waals surface area contributed by atoms with E-state index < -0.39 is 41.3 Å². The summed E-state index contributed by atoms with van der Waals surface area (Å²) in [6.45, 7) is 0.778. The molecule has 4 aromatic carbocycles. The van der Waals surface area contributed by atoms with Crippen LogP contribution in [0.15, 0.2) is 141 Å². The normalized spacial score (nSPS) is 10.7. The van der Waals surface area contributed by atoms with Gasteiger partial charge in [0.25, 0.3) is 0 Å². The summed E-state index contributed by atoms with van der Waals surface area (Å²) in [4.78, 5) is 43.6. The van der Waals surface area contributed by atoms with E-state index in [2.05, 4.69) is 72.9 Å². The lowest BCUT2D eigenvalue weighted by atomic mass is 10.2. The van der Waals surface area contributed by atoms with Crippen LogP contribution in [0.4, 0.5) is 13.2 Å². The van der Waals surface area contributed by atoms with Crippen LogP contribution in [0.5, 0.6) is 0 Å². The van der Waals surface area contributed by atoms with Crippen molar-refractivity contribution < 1.29 is 52.8 Å².